The number of carbonyl (C=O) groups is 2. The van der Waals surface area contributed by atoms with Crippen molar-refractivity contribution in [2.24, 2.45) is 0 Å². The molecule has 0 aliphatic rings. The van der Waals surface area contributed by atoms with Crippen molar-refractivity contribution in [2.75, 3.05) is 24.2 Å². The molecule has 38 heavy (non-hydrogen) atoms. The molecule has 0 fully saturated rings. The highest BCUT2D eigenvalue weighted by Gasteiger charge is 2.33. The molecule has 0 aliphatic heterocycles. The Labute approximate surface area is 222 Å². The van der Waals surface area contributed by atoms with Crippen molar-refractivity contribution in [3.05, 3.63) is 106 Å². The van der Waals surface area contributed by atoms with Crippen molar-refractivity contribution < 1.29 is 22.9 Å². The van der Waals surface area contributed by atoms with E-state index in [0.29, 0.717) is 5.56 Å². The van der Waals surface area contributed by atoms with E-state index in [9.17, 15) is 28.1 Å². The van der Waals surface area contributed by atoms with E-state index in [1.54, 1.807) is 19.1 Å². The molecule has 1 atom stereocenters. The molecule has 0 aliphatic carbocycles. The Bertz CT molecular complexity index is 1400. The molecule has 0 unspecified atom stereocenters. The molecule has 0 heterocycles. The van der Waals surface area contributed by atoms with Crippen LogP contribution < -0.4 is 9.62 Å². The number of sulfonamides is 1. The third-order valence-electron chi connectivity index (χ3n) is 6.06. The van der Waals surface area contributed by atoms with Gasteiger partial charge < -0.3 is 10.2 Å². The highest BCUT2D eigenvalue weighted by atomic mass is 32.2. The summed E-state index contributed by atoms with van der Waals surface area (Å²) in [7, 11) is -2.56. The number of rotatable bonds is 11. The highest BCUT2D eigenvalue weighted by Crippen LogP contribution is 2.28. The van der Waals surface area contributed by atoms with Crippen molar-refractivity contribution >= 4 is 33.2 Å². The molecule has 0 radical (unpaired) electrons. The lowest BCUT2D eigenvalue weighted by Gasteiger charge is -2.33. The van der Waals surface area contributed by atoms with Gasteiger partial charge >= 0.3 is 0 Å². The van der Waals surface area contributed by atoms with Crippen molar-refractivity contribution in [3.63, 3.8) is 0 Å². The van der Waals surface area contributed by atoms with Crippen LogP contribution in [0.1, 0.15) is 16.7 Å². The number of nitrogens with zero attached hydrogens (tertiary/aromatic N) is 3. The Morgan fingerprint density at radius 1 is 0.974 bits per heavy atom. The van der Waals surface area contributed by atoms with Gasteiger partial charge in [-0.15, -0.1) is 0 Å². The summed E-state index contributed by atoms with van der Waals surface area (Å²) in [6.07, 6.45) is 1.13. The molecule has 0 saturated heterocycles. The Hall–Kier alpha value is -4.25. The number of non-ortho nitro benzene ring substituents is 1. The van der Waals surface area contributed by atoms with Crippen LogP contribution >= 0.6 is 0 Å². The first-order valence-electron chi connectivity index (χ1n) is 11.8. The Morgan fingerprint density at radius 2 is 1.55 bits per heavy atom. The van der Waals surface area contributed by atoms with E-state index in [1.807, 2.05) is 48.5 Å². The van der Waals surface area contributed by atoms with Crippen LogP contribution in [-0.4, -0.2) is 55.9 Å². The van der Waals surface area contributed by atoms with Gasteiger partial charge in [-0.3, -0.25) is 24.0 Å². The number of likely N-dealkylation sites (N-methyl/N-ethyl adjacent to an activating group) is 1. The van der Waals surface area contributed by atoms with Crippen LogP contribution in [0.25, 0.3) is 0 Å². The first kappa shape index (κ1) is 28.3. The standard InChI is InChI=1S/C27H30N4O6S/c1-20-14-15-23(31(34)35)17-24(20)30(38(3,36)37)19-26(32)29(18-22-12-8-5-9-13-22)25(27(33)28-2)16-21-10-6-4-7-11-21/h4-15,17,25H,16,18-19H2,1-3H3,(H,28,33)/t25-/m0/s1. The number of nitrogens with one attached hydrogen (secondary N) is 1. The Balaban J connectivity index is 2.06. The van der Waals surface area contributed by atoms with Crippen LogP contribution in [0, 0.1) is 17.0 Å². The SMILES string of the molecule is CNC(=O)[C@H](Cc1ccccc1)N(Cc1ccccc1)C(=O)CN(c1cc([N+](=O)[O-])ccc1C)S(C)(=O)=O. The average molecular weight is 539 g/mol. The fourth-order valence-electron chi connectivity index (χ4n) is 4.08. The van der Waals surface area contributed by atoms with Crippen molar-refractivity contribution in [3.8, 4) is 0 Å². The maximum Gasteiger partial charge on any atom is 0.271 e. The predicted molar refractivity (Wildman–Crippen MR) is 145 cm³/mol. The lowest BCUT2D eigenvalue weighted by atomic mass is 10.0. The van der Waals surface area contributed by atoms with E-state index in [1.165, 1.54) is 24.1 Å². The molecule has 0 saturated carbocycles. The van der Waals surface area contributed by atoms with Crippen LogP contribution in [0.15, 0.2) is 78.9 Å². The van der Waals surface area contributed by atoms with E-state index >= 15 is 0 Å². The molecule has 3 aromatic carbocycles. The van der Waals surface area contributed by atoms with E-state index in [-0.39, 0.29) is 24.3 Å². The number of hydrogen-bond acceptors (Lipinski definition) is 6. The molecular weight excluding hydrogens is 508 g/mol. The molecule has 3 rings (SSSR count). The molecule has 10 nitrogen and oxygen atoms in total. The number of nitro benzene ring substituents is 1. The second kappa shape index (κ2) is 12.3. The lowest BCUT2D eigenvalue weighted by Crippen LogP contribution is -2.53. The normalized spacial score (nSPS) is 11.9. The summed E-state index contributed by atoms with van der Waals surface area (Å²) in [5.41, 5.74) is 1.73. The topological polar surface area (TPSA) is 130 Å². The van der Waals surface area contributed by atoms with E-state index in [2.05, 4.69) is 5.32 Å². The van der Waals surface area contributed by atoms with Gasteiger partial charge in [-0.1, -0.05) is 66.7 Å². The van der Waals surface area contributed by atoms with Gasteiger partial charge in [0.25, 0.3) is 5.69 Å². The fraction of sp³-hybridized carbons (Fsp3) is 0.259. The number of anilines is 1. The minimum absolute atomic E-state index is 0.0225. The summed E-state index contributed by atoms with van der Waals surface area (Å²) < 4.78 is 26.5. The zero-order valence-electron chi connectivity index (χ0n) is 21.4. The minimum Gasteiger partial charge on any atom is -0.357 e. The molecule has 0 aromatic heterocycles. The third-order valence-corrected chi connectivity index (χ3v) is 7.19. The quantitative estimate of drug-likeness (QED) is 0.295. The molecule has 3 aromatic rings. The van der Waals surface area contributed by atoms with Crippen LogP contribution in [0.4, 0.5) is 11.4 Å². The fourth-order valence-corrected chi connectivity index (χ4v) is 4.97. The van der Waals surface area contributed by atoms with Gasteiger partial charge in [-0.2, -0.15) is 0 Å². The highest BCUT2D eigenvalue weighted by molar-refractivity contribution is 7.92. The largest absolute Gasteiger partial charge is 0.357 e. The molecule has 200 valence electrons. The van der Waals surface area contributed by atoms with Crippen LogP contribution in [0.2, 0.25) is 0 Å². The minimum atomic E-state index is -4.03. The summed E-state index contributed by atoms with van der Waals surface area (Å²) in [4.78, 5) is 39.0. The van der Waals surface area contributed by atoms with E-state index in [0.717, 1.165) is 27.8 Å². The maximum atomic E-state index is 13.9. The predicted octanol–water partition coefficient (Wildman–Crippen LogP) is 3.06. The Morgan fingerprint density at radius 3 is 2.08 bits per heavy atom. The number of nitro groups is 1. The van der Waals surface area contributed by atoms with Crippen LogP contribution in [-0.2, 0) is 32.6 Å². The number of carbonyl (C=O) groups excluding carboxylic acids is 2. The second-order valence-electron chi connectivity index (χ2n) is 8.82. The van der Waals surface area contributed by atoms with Crippen molar-refractivity contribution in [1.29, 1.82) is 0 Å². The molecule has 11 heteroatoms. The zero-order valence-corrected chi connectivity index (χ0v) is 22.2. The first-order chi connectivity index (χ1) is 18.0. The molecule has 2 amide bonds. The number of aryl methyl sites for hydroxylation is 1. The molecule has 0 bridgehead atoms. The zero-order chi connectivity index (χ0) is 27.9. The third kappa shape index (κ3) is 7.16. The van der Waals surface area contributed by atoms with Crippen molar-refractivity contribution in [1.82, 2.24) is 10.2 Å². The summed E-state index contributed by atoms with van der Waals surface area (Å²) in [6, 6.07) is 21.1. The first-order valence-corrected chi connectivity index (χ1v) is 13.7. The van der Waals surface area contributed by atoms with Gasteiger partial charge in [-0.05, 0) is 23.6 Å². The molecular formula is C27H30N4O6S. The van der Waals surface area contributed by atoms with Crippen LogP contribution in [0.5, 0.6) is 0 Å². The number of amides is 2. The second-order valence-corrected chi connectivity index (χ2v) is 10.7. The lowest BCUT2D eigenvalue weighted by molar-refractivity contribution is -0.384. The monoisotopic (exact) mass is 538 g/mol. The molecule has 0 spiro atoms. The number of benzene rings is 3. The smallest absolute Gasteiger partial charge is 0.271 e. The van der Waals surface area contributed by atoms with E-state index in [4.69, 9.17) is 0 Å². The van der Waals surface area contributed by atoms with Crippen LogP contribution in [0.3, 0.4) is 0 Å². The summed E-state index contributed by atoms with van der Waals surface area (Å²) >= 11 is 0. The molecule has 1 N–H and O–H groups in total. The van der Waals surface area contributed by atoms with Gasteiger partial charge in [-0.25, -0.2) is 8.42 Å². The van der Waals surface area contributed by atoms with Gasteiger partial charge in [0, 0.05) is 32.1 Å². The van der Waals surface area contributed by atoms with Gasteiger partial charge in [0.1, 0.15) is 12.6 Å². The average Bonchev–Trinajstić information content (AvgIpc) is 2.89. The van der Waals surface area contributed by atoms with Gasteiger partial charge in [0.15, 0.2) is 0 Å². The number of hydrogen-bond donors (Lipinski definition) is 1. The van der Waals surface area contributed by atoms with Gasteiger partial charge in [0.05, 0.1) is 16.9 Å². The maximum absolute atomic E-state index is 13.9. The summed E-state index contributed by atoms with van der Waals surface area (Å²) in [5.74, 6) is -1.04. The van der Waals surface area contributed by atoms with E-state index < -0.39 is 39.3 Å². The van der Waals surface area contributed by atoms with Crippen molar-refractivity contribution in [2.45, 2.75) is 25.9 Å². The van der Waals surface area contributed by atoms with Gasteiger partial charge in [0.2, 0.25) is 21.8 Å². The summed E-state index contributed by atoms with van der Waals surface area (Å²) in [6.45, 7) is 1.01. The Kier molecular flexibility index (Phi) is 9.19. The summed E-state index contributed by atoms with van der Waals surface area (Å²) in [5, 5.41) is 14.0.